The number of nitrogens with one attached hydrogen (secondary N) is 1. The van der Waals surface area contributed by atoms with Gasteiger partial charge in [0.15, 0.2) is 10.9 Å². The molecule has 0 unspecified atom stereocenters. The van der Waals surface area contributed by atoms with Crippen molar-refractivity contribution in [1.29, 1.82) is 0 Å². The number of nitrogens with zero attached hydrogens (tertiary/aromatic N) is 5. The maximum Gasteiger partial charge on any atom is 0.358 e. The average Bonchev–Trinajstić information content (AvgIpc) is 2.84. The van der Waals surface area contributed by atoms with Crippen LogP contribution in [0.25, 0.3) is 0 Å². The summed E-state index contributed by atoms with van der Waals surface area (Å²) in [5.74, 6) is -0.664. The van der Waals surface area contributed by atoms with E-state index in [1.54, 1.807) is 7.05 Å². The van der Waals surface area contributed by atoms with Crippen LogP contribution >= 0.6 is 11.8 Å². The van der Waals surface area contributed by atoms with E-state index in [1.165, 1.54) is 27.3 Å². The number of carboxylic acids is 1. The Kier molecular flexibility index (Phi) is 3.98. The SMILES string of the molecule is Cn1[nH]c(=O)c(=O)nc1SCCn1cc(C(=O)O)nn1. The van der Waals surface area contributed by atoms with Gasteiger partial charge >= 0.3 is 17.1 Å². The second-order valence-corrected chi connectivity index (χ2v) is 4.78. The highest BCUT2D eigenvalue weighted by Crippen LogP contribution is 2.11. The minimum atomic E-state index is -1.14. The molecule has 2 aromatic heterocycles. The van der Waals surface area contributed by atoms with Gasteiger partial charge in [-0.15, -0.1) is 5.10 Å². The molecule has 0 atom stereocenters. The van der Waals surface area contributed by atoms with Gasteiger partial charge in [-0.1, -0.05) is 17.0 Å². The molecule has 0 aliphatic carbocycles. The molecule has 106 valence electrons. The maximum atomic E-state index is 11.1. The zero-order valence-electron chi connectivity index (χ0n) is 10.3. The average molecular weight is 298 g/mol. The molecule has 0 spiro atoms. The van der Waals surface area contributed by atoms with Crippen molar-refractivity contribution in [2.75, 3.05) is 5.75 Å². The molecule has 0 radical (unpaired) electrons. The van der Waals surface area contributed by atoms with Crippen LogP contribution in [-0.4, -0.2) is 46.6 Å². The van der Waals surface area contributed by atoms with Crippen molar-refractivity contribution >= 4 is 17.7 Å². The predicted octanol–water partition coefficient (Wildman–Crippen LogP) is -1.45. The minimum Gasteiger partial charge on any atom is -0.476 e. The Morgan fingerprint density at radius 2 is 2.25 bits per heavy atom. The van der Waals surface area contributed by atoms with Crippen LogP contribution in [0.3, 0.4) is 0 Å². The molecule has 20 heavy (non-hydrogen) atoms. The van der Waals surface area contributed by atoms with Gasteiger partial charge in [-0.3, -0.25) is 24.1 Å². The number of aromatic carboxylic acids is 1. The van der Waals surface area contributed by atoms with Crippen molar-refractivity contribution in [1.82, 2.24) is 29.8 Å². The van der Waals surface area contributed by atoms with E-state index in [0.29, 0.717) is 17.5 Å². The Balaban J connectivity index is 1.99. The van der Waals surface area contributed by atoms with Crippen LogP contribution in [0.1, 0.15) is 10.5 Å². The van der Waals surface area contributed by atoms with Crippen molar-refractivity contribution in [3.05, 3.63) is 32.6 Å². The second kappa shape index (κ2) is 5.69. The summed E-state index contributed by atoms with van der Waals surface area (Å²) in [5.41, 5.74) is -1.76. The molecule has 0 fully saturated rings. The third-order valence-corrected chi connectivity index (χ3v) is 3.27. The summed E-state index contributed by atoms with van der Waals surface area (Å²) < 4.78 is 2.72. The Hall–Kier alpha value is -2.43. The quantitative estimate of drug-likeness (QED) is 0.505. The molecule has 2 heterocycles. The van der Waals surface area contributed by atoms with E-state index in [0.717, 1.165) is 0 Å². The Morgan fingerprint density at radius 3 is 2.90 bits per heavy atom. The number of hydrogen-bond acceptors (Lipinski definition) is 7. The summed E-state index contributed by atoms with van der Waals surface area (Å²) in [4.78, 5) is 36.4. The van der Waals surface area contributed by atoms with Crippen LogP contribution in [0.2, 0.25) is 0 Å². The first kappa shape index (κ1) is 14.0. The van der Waals surface area contributed by atoms with Gasteiger partial charge in [-0.25, -0.2) is 4.79 Å². The number of aromatic nitrogens is 6. The van der Waals surface area contributed by atoms with E-state index >= 15 is 0 Å². The van der Waals surface area contributed by atoms with Gasteiger partial charge in [-0.2, -0.15) is 4.98 Å². The van der Waals surface area contributed by atoms with E-state index in [2.05, 4.69) is 20.4 Å². The molecule has 0 aliphatic rings. The maximum absolute atomic E-state index is 11.1. The molecule has 2 N–H and O–H groups in total. The zero-order chi connectivity index (χ0) is 14.7. The van der Waals surface area contributed by atoms with E-state index in [-0.39, 0.29) is 5.69 Å². The van der Waals surface area contributed by atoms with Gasteiger partial charge in [0.05, 0.1) is 12.7 Å². The summed E-state index contributed by atoms with van der Waals surface area (Å²) in [6.45, 7) is 0.389. The van der Waals surface area contributed by atoms with Crippen LogP contribution < -0.4 is 11.1 Å². The van der Waals surface area contributed by atoms with Gasteiger partial charge in [0, 0.05) is 12.8 Å². The van der Waals surface area contributed by atoms with Crippen LogP contribution in [0.15, 0.2) is 20.9 Å². The normalized spacial score (nSPS) is 10.7. The molecule has 0 amide bonds. The van der Waals surface area contributed by atoms with E-state index in [4.69, 9.17) is 5.11 Å². The van der Waals surface area contributed by atoms with E-state index < -0.39 is 17.1 Å². The number of hydrogen-bond donors (Lipinski definition) is 2. The summed E-state index contributed by atoms with van der Waals surface area (Å²) >= 11 is 1.23. The van der Waals surface area contributed by atoms with Crippen molar-refractivity contribution in [3.8, 4) is 0 Å². The first-order valence-electron chi connectivity index (χ1n) is 5.41. The van der Waals surface area contributed by atoms with Crippen LogP contribution in [0.5, 0.6) is 0 Å². The minimum absolute atomic E-state index is 0.135. The molecule has 0 aliphatic heterocycles. The highest BCUT2D eigenvalue weighted by molar-refractivity contribution is 7.99. The molecule has 2 rings (SSSR count). The highest BCUT2D eigenvalue weighted by atomic mass is 32.2. The Labute approximate surface area is 115 Å². The molecular weight excluding hydrogens is 288 g/mol. The Morgan fingerprint density at radius 1 is 1.50 bits per heavy atom. The standard InChI is InChI=1S/C9H10N6O4S/c1-14-9(10-6(16)7(17)12-14)20-3-2-15-4-5(8(18)19)11-13-15/h4H,2-3H2,1H3,(H,12,17)(H,18,19). The Bertz CT molecular complexity index is 747. The lowest BCUT2D eigenvalue weighted by Crippen LogP contribution is -2.33. The highest BCUT2D eigenvalue weighted by Gasteiger charge is 2.09. The number of carboxylic acid groups (broad SMARTS) is 1. The molecule has 11 heteroatoms. The van der Waals surface area contributed by atoms with Gasteiger partial charge in [-0.05, 0) is 0 Å². The number of carbonyl (C=O) groups is 1. The number of rotatable bonds is 5. The largest absolute Gasteiger partial charge is 0.476 e. The summed E-state index contributed by atoms with van der Waals surface area (Å²) in [6.07, 6.45) is 1.31. The molecular formula is C9H10N6O4S. The topological polar surface area (TPSA) is 136 Å². The smallest absolute Gasteiger partial charge is 0.358 e. The first-order chi connectivity index (χ1) is 9.47. The third-order valence-electron chi connectivity index (χ3n) is 2.26. The number of aryl methyl sites for hydroxylation is 2. The zero-order valence-corrected chi connectivity index (χ0v) is 11.1. The summed E-state index contributed by atoms with van der Waals surface area (Å²) in [5, 5.41) is 18.5. The molecule has 2 aromatic rings. The van der Waals surface area contributed by atoms with Crippen molar-refractivity contribution in [3.63, 3.8) is 0 Å². The van der Waals surface area contributed by atoms with Crippen molar-refractivity contribution in [2.45, 2.75) is 11.7 Å². The molecule has 0 bridgehead atoms. The van der Waals surface area contributed by atoms with Gasteiger partial charge in [0.25, 0.3) is 0 Å². The van der Waals surface area contributed by atoms with Crippen LogP contribution in [-0.2, 0) is 13.6 Å². The fourth-order valence-electron chi connectivity index (χ4n) is 1.33. The van der Waals surface area contributed by atoms with Gasteiger partial charge in [0.1, 0.15) is 0 Å². The molecule has 10 nitrogen and oxygen atoms in total. The molecule has 0 aromatic carbocycles. The van der Waals surface area contributed by atoms with Crippen LogP contribution in [0.4, 0.5) is 0 Å². The van der Waals surface area contributed by atoms with Crippen LogP contribution in [0, 0.1) is 0 Å². The lowest BCUT2D eigenvalue weighted by Gasteiger charge is -2.05. The fraction of sp³-hybridized carbons (Fsp3) is 0.333. The monoisotopic (exact) mass is 298 g/mol. The first-order valence-corrected chi connectivity index (χ1v) is 6.39. The van der Waals surface area contributed by atoms with Crippen molar-refractivity contribution < 1.29 is 9.90 Å². The summed E-state index contributed by atoms with van der Waals surface area (Å²) in [7, 11) is 1.56. The second-order valence-electron chi connectivity index (χ2n) is 3.72. The van der Waals surface area contributed by atoms with Gasteiger partial charge in [0.2, 0.25) is 0 Å². The predicted molar refractivity (Wildman–Crippen MR) is 67.8 cm³/mol. The lowest BCUT2D eigenvalue weighted by atomic mass is 10.5. The van der Waals surface area contributed by atoms with E-state index in [9.17, 15) is 14.4 Å². The number of thioether (sulfide) groups is 1. The number of H-pyrrole nitrogens is 1. The fourth-order valence-corrected chi connectivity index (χ4v) is 2.17. The molecule has 0 saturated carbocycles. The third kappa shape index (κ3) is 3.12. The number of aromatic amines is 1. The summed E-state index contributed by atoms with van der Waals surface area (Å²) in [6, 6.07) is 0. The van der Waals surface area contributed by atoms with Gasteiger partial charge < -0.3 is 5.11 Å². The lowest BCUT2D eigenvalue weighted by molar-refractivity contribution is 0.0690. The molecule has 0 saturated heterocycles. The van der Waals surface area contributed by atoms with Crippen molar-refractivity contribution in [2.24, 2.45) is 7.05 Å². The van der Waals surface area contributed by atoms with E-state index in [1.807, 2.05) is 0 Å².